The number of pyridine rings is 1. The fourth-order valence-corrected chi connectivity index (χ4v) is 4.05. The summed E-state index contributed by atoms with van der Waals surface area (Å²) in [6.07, 6.45) is 3.47. The van der Waals surface area contributed by atoms with E-state index in [4.69, 9.17) is 9.47 Å². The van der Waals surface area contributed by atoms with Crippen LogP contribution in [0.1, 0.15) is 6.92 Å². The van der Waals surface area contributed by atoms with Crippen molar-refractivity contribution in [1.29, 1.82) is 0 Å². The molecule has 0 bridgehead atoms. The molecule has 1 N–H and O–H groups in total. The topological polar surface area (TPSA) is 78.3 Å². The number of amides is 1. The van der Waals surface area contributed by atoms with Crippen LogP contribution in [-0.2, 0) is 11.3 Å². The molecule has 9 heteroatoms. The number of halogens is 1. The van der Waals surface area contributed by atoms with Crippen molar-refractivity contribution in [2.24, 2.45) is 0 Å². The van der Waals surface area contributed by atoms with Crippen LogP contribution in [0.3, 0.4) is 0 Å². The number of hydrogen-bond donors (Lipinski definition) is 1. The zero-order valence-corrected chi connectivity index (χ0v) is 18.1. The van der Waals surface area contributed by atoms with E-state index >= 15 is 0 Å². The van der Waals surface area contributed by atoms with E-state index in [9.17, 15) is 4.79 Å². The predicted octanol–water partition coefficient (Wildman–Crippen LogP) is 4.23. The molecule has 7 nitrogen and oxygen atoms in total. The molecule has 0 unspecified atom stereocenters. The van der Waals surface area contributed by atoms with Crippen molar-refractivity contribution in [1.82, 2.24) is 14.5 Å². The number of benzene rings is 1. The minimum atomic E-state index is -0.128. The van der Waals surface area contributed by atoms with Crippen LogP contribution in [0.4, 0.5) is 5.82 Å². The summed E-state index contributed by atoms with van der Waals surface area (Å²) in [4.78, 5) is 20.9. The molecule has 0 radical (unpaired) electrons. The van der Waals surface area contributed by atoms with Gasteiger partial charge in [-0.05, 0) is 53.2 Å². The maximum Gasteiger partial charge on any atom is 0.236 e. The van der Waals surface area contributed by atoms with Gasteiger partial charge in [0, 0.05) is 22.8 Å². The lowest BCUT2D eigenvalue weighted by molar-refractivity contribution is -0.113. The van der Waals surface area contributed by atoms with Crippen molar-refractivity contribution in [3.63, 3.8) is 0 Å². The molecule has 4 rings (SSSR count). The molecule has 0 saturated heterocycles. The first-order valence-corrected chi connectivity index (χ1v) is 10.9. The number of nitrogens with zero attached hydrogens (tertiary/aromatic N) is 3. The van der Waals surface area contributed by atoms with Crippen LogP contribution in [0, 0.1) is 0 Å². The maximum atomic E-state index is 12.3. The van der Waals surface area contributed by atoms with Crippen LogP contribution in [0.5, 0.6) is 11.5 Å². The Morgan fingerprint density at radius 3 is 2.76 bits per heavy atom. The highest BCUT2D eigenvalue weighted by Gasteiger charge is 2.17. The quantitative estimate of drug-likeness (QED) is 0.538. The van der Waals surface area contributed by atoms with Gasteiger partial charge in [0.05, 0.1) is 17.6 Å². The Labute approximate surface area is 181 Å². The van der Waals surface area contributed by atoms with Gasteiger partial charge in [-0.3, -0.25) is 4.79 Å². The largest absolute Gasteiger partial charge is 0.486 e. The summed E-state index contributed by atoms with van der Waals surface area (Å²) in [6, 6.07) is 9.47. The molecule has 3 heterocycles. The van der Waals surface area contributed by atoms with E-state index in [1.54, 1.807) is 12.3 Å². The first-order valence-electron chi connectivity index (χ1n) is 9.14. The summed E-state index contributed by atoms with van der Waals surface area (Å²) in [5.74, 6) is 2.14. The molecule has 1 amide bonds. The molecule has 1 aliphatic heterocycles. The number of fused-ring (bicyclic) bond motifs is 1. The van der Waals surface area contributed by atoms with E-state index in [-0.39, 0.29) is 11.7 Å². The second kappa shape index (κ2) is 8.87. The van der Waals surface area contributed by atoms with E-state index < -0.39 is 0 Å². The zero-order valence-electron chi connectivity index (χ0n) is 15.7. The van der Waals surface area contributed by atoms with Crippen molar-refractivity contribution in [3.8, 4) is 22.8 Å². The molecule has 0 spiro atoms. The second-order valence-electron chi connectivity index (χ2n) is 6.23. The summed E-state index contributed by atoms with van der Waals surface area (Å²) in [5, 5.41) is 3.58. The summed E-state index contributed by atoms with van der Waals surface area (Å²) >= 11 is 4.72. The number of ether oxygens (including phenoxy) is 2. The van der Waals surface area contributed by atoms with Crippen molar-refractivity contribution in [2.45, 2.75) is 18.6 Å². The molecule has 0 fully saturated rings. The van der Waals surface area contributed by atoms with E-state index in [1.165, 1.54) is 11.8 Å². The number of rotatable bonds is 6. The number of carbonyl (C=O) groups is 1. The highest BCUT2D eigenvalue weighted by molar-refractivity contribution is 9.10. The average molecular weight is 475 g/mol. The highest BCUT2D eigenvalue weighted by atomic mass is 79.9. The van der Waals surface area contributed by atoms with Crippen LogP contribution in [0.2, 0.25) is 0 Å². The molecule has 0 saturated carbocycles. The molecule has 0 atom stereocenters. The number of thioether (sulfide) groups is 1. The van der Waals surface area contributed by atoms with Gasteiger partial charge < -0.3 is 19.4 Å². The van der Waals surface area contributed by atoms with Crippen LogP contribution in [0.25, 0.3) is 11.3 Å². The SMILES string of the molecule is CCn1c(-c2ccc3c(c2)OCCO3)cnc1SCC(=O)Nc1ccc(Br)cn1. The van der Waals surface area contributed by atoms with Gasteiger partial charge in [0.1, 0.15) is 19.0 Å². The molecule has 1 aromatic carbocycles. The van der Waals surface area contributed by atoms with Crippen LogP contribution >= 0.6 is 27.7 Å². The van der Waals surface area contributed by atoms with Gasteiger partial charge >= 0.3 is 0 Å². The van der Waals surface area contributed by atoms with Gasteiger partial charge in [-0.15, -0.1) is 0 Å². The summed E-state index contributed by atoms with van der Waals surface area (Å²) in [7, 11) is 0. The zero-order chi connectivity index (χ0) is 20.2. The Hall–Kier alpha value is -2.52. The standard InChI is InChI=1S/C20H19BrN4O3S/c1-2-25-15(13-3-5-16-17(9-13)28-8-7-27-16)11-23-20(25)29-12-19(26)24-18-6-4-14(21)10-22-18/h3-6,9-11H,2,7-8,12H2,1H3,(H,22,24,26). The first-order chi connectivity index (χ1) is 14.1. The van der Waals surface area contributed by atoms with Gasteiger partial charge in [-0.25, -0.2) is 9.97 Å². The number of carbonyl (C=O) groups excluding carboxylic acids is 1. The van der Waals surface area contributed by atoms with Gasteiger partial charge in [-0.2, -0.15) is 0 Å². The minimum absolute atomic E-state index is 0.128. The Kier molecular flexibility index (Phi) is 6.05. The number of hydrogen-bond acceptors (Lipinski definition) is 6. The van der Waals surface area contributed by atoms with Crippen LogP contribution in [-0.4, -0.2) is 39.4 Å². The molecule has 0 aliphatic carbocycles. The highest BCUT2D eigenvalue weighted by Crippen LogP contribution is 2.35. The lowest BCUT2D eigenvalue weighted by Gasteiger charge is -2.19. The van der Waals surface area contributed by atoms with E-state index in [0.29, 0.717) is 19.0 Å². The minimum Gasteiger partial charge on any atom is -0.486 e. The third kappa shape index (κ3) is 4.56. The third-order valence-corrected chi connectivity index (χ3v) is 5.76. The van der Waals surface area contributed by atoms with Crippen LogP contribution in [0.15, 0.2) is 52.4 Å². The fourth-order valence-electron chi connectivity index (χ4n) is 2.97. The lowest BCUT2D eigenvalue weighted by atomic mass is 10.1. The summed E-state index contributed by atoms with van der Waals surface area (Å²) in [6.45, 7) is 3.91. The molecular weight excluding hydrogens is 456 g/mol. The van der Waals surface area contributed by atoms with Crippen molar-refractivity contribution >= 4 is 39.4 Å². The van der Waals surface area contributed by atoms with Crippen molar-refractivity contribution < 1.29 is 14.3 Å². The average Bonchev–Trinajstić information content (AvgIpc) is 3.16. The van der Waals surface area contributed by atoms with Gasteiger partial charge in [0.25, 0.3) is 0 Å². The Morgan fingerprint density at radius 1 is 1.17 bits per heavy atom. The van der Waals surface area contributed by atoms with Gasteiger partial charge in [-0.1, -0.05) is 11.8 Å². The molecular formula is C20H19BrN4O3S. The molecule has 29 heavy (non-hydrogen) atoms. The monoisotopic (exact) mass is 474 g/mol. The van der Waals surface area contributed by atoms with Crippen molar-refractivity contribution in [2.75, 3.05) is 24.3 Å². The van der Waals surface area contributed by atoms with Gasteiger partial charge in [0.15, 0.2) is 16.7 Å². The lowest BCUT2D eigenvalue weighted by Crippen LogP contribution is -2.15. The van der Waals surface area contributed by atoms with E-state index in [1.807, 2.05) is 30.5 Å². The summed E-state index contributed by atoms with van der Waals surface area (Å²) < 4.78 is 14.2. The smallest absolute Gasteiger partial charge is 0.236 e. The maximum absolute atomic E-state index is 12.3. The normalized spacial score (nSPS) is 12.6. The number of aromatic nitrogens is 3. The number of nitrogens with one attached hydrogen (secondary N) is 1. The molecule has 150 valence electrons. The van der Waals surface area contributed by atoms with Crippen LogP contribution < -0.4 is 14.8 Å². The molecule has 2 aromatic heterocycles. The van der Waals surface area contributed by atoms with Crippen molar-refractivity contribution in [3.05, 3.63) is 47.2 Å². The summed E-state index contributed by atoms with van der Waals surface area (Å²) in [5.41, 5.74) is 1.97. The molecule has 1 aliphatic rings. The predicted molar refractivity (Wildman–Crippen MR) is 116 cm³/mol. The fraction of sp³-hybridized carbons (Fsp3) is 0.250. The first kappa shape index (κ1) is 19.8. The molecule has 3 aromatic rings. The Bertz CT molecular complexity index is 1020. The van der Waals surface area contributed by atoms with E-state index in [2.05, 4.69) is 42.7 Å². The second-order valence-corrected chi connectivity index (χ2v) is 8.09. The third-order valence-electron chi connectivity index (χ3n) is 4.30. The number of imidazole rings is 1. The number of anilines is 1. The Morgan fingerprint density at radius 2 is 2.00 bits per heavy atom. The Balaban J connectivity index is 1.46. The van der Waals surface area contributed by atoms with E-state index in [0.717, 1.165) is 38.9 Å². The van der Waals surface area contributed by atoms with Gasteiger partial charge in [0.2, 0.25) is 5.91 Å².